The molecule has 0 saturated heterocycles. The summed E-state index contributed by atoms with van der Waals surface area (Å²) in [6.45, 7) is 0.0856. The number of H-pyrrole nitrogens is 1. The number of carbonyl (C=O) groups is 3. The summed E-state index contributed by atoms with van der Waals surface area (Å²) in [7, 11) is 1.27. The van der Waals surface area contributed by atoms with Gasteiger partial charge in [-0.2, -0.15) is 0 Å². The van der Waals surface area contributed by atoms with Crippen molar-refractivity contribution in [3.8, 4) is 0 Å². The summed E-state index contributed by atoms with van der Waals surface area (Å²) in [5.74, 6) is -1.83. The predicted molar refractivity (Wildman–Crippen MR) is 109 cm³/mol. The van der Waals surface area contributed by atoms with Crippen LogP contribution in [-0.2, 0) is 20.7 Å². The normalized spacial score (nSPS) is 11.7. The SMILES string of the molecule is COC(=O)CCNC(=O)C(Cc1c[nH]c2ccccc12)NC(=O)c1ccc(F)cc1. The highest BCUT2D eigenvalue weighted by atomic mass is 19.1. The molecule has 8 heteroatoms. The smallest absolute Gasteiger partial charge is 0.307 e. The summed E-state index contributed by atoms with van der Waals surface area (Å²) in [6, 6.07) is 11.8. The number of nitrogens with one attached hydrogen (secondary N) is 3. The zero-order valence-electron chi connectivity index (χ0n) is 16.4. The lowest BCUT2D eigenvalue weighted by atomic mass is 10.0. The van der Waals surface area contributed by atoms with E-state index >= 15 is 0 Å². The van der Waals surface area contributed by atoms with E-state index in [9.17, 15) is 18.8 Å². The van der Waals surface area contributed by atoms with Gasteiger partial charge in [-0.25, -0.2) is 4.39 Å². The molecule has 0 spiro atoms. The van der Waals surface area contributed by atoms with Gasteiger partial charge in [0.1, 0.15) is 11.9 Å². The monoisotopic (exact) mass is 411 g/mol. The van der Waals surface area contributed by atoms with Crippen LogP contribution in [0.15, 0.2) is 54.7 Å². The number of ether oxygens (including phenoxy) is 1. The van der Waals surface area contributed by atoms with E-state index in [0.29, 0.717) is 0 Å². The molecule has 2 aromatic carbocycles. The van der Waals surface area contributed by atoms with Crippen LogP contribution in [-0.4, -0.2) is 42.5 Å². The lowest BCUT2D eigenvalue weighted by molar-refractivity contribution is -0.140. The van der Waals surface area contributed by atoms with Crippen LogP contribution >= 0.6 is 0 Å². The molecule has 1 unspecified atom stereocenters. The van der Waals surface area contributed by atoms with Crippen molar-refractivity contribution in [1.82, 2.24) is 15.6 Å². The third kappa shape index (κ3) is 5.22. The number of hydrogen-bond acceptors (Lipinski definition) is 4. The van der Waals surface area contributed by atoms with E-state index in [-0.39, 0.29) is 24.9 Å². The molecule has 156 valence electrons. The van der Waals surface area contributed by atoms with Gasteiger partial charge in [0.05, 0.1) is 13.5 Å². The zero-order chi connectivity index (χ0) is 21.5. The summed E-state index contributed by atoms with van der Waals surface area (Å²) in [5.41, 5.74) is 2.02. The van der Waals surface area contributed by atoms with Gasteiger partial charge in [-0.1, -0.05) is 18.2 Å². The first-order chi connectivity index (χ1) is 14.5. The standard InChI is InChI=1S/C22H22FN3O4/c1-30-20(27)10-11-24-22(29)19(26-21(28)14-6-8-16(23)9-7-14)12-15-13-25-18-5-3-2-4-17(15)18/h2-9,13,19,25H,10-12H2,1H3,(H,24,29)(H,26,28). The summed E-state index contributed by atoms with van der Waals surface area (Å²) in [4.78, 5) is 39.8. The van der Waals surface area contributed by atoms with Crippen LogP contribution in [0.1, 0.15) is 22.3 Å². The molecule has 3 N–H and O–H groups in total. The maximum Gasteiger partial charge on any atom is 0.307 e. The molecule has 3 aromatic rings. The van der Waals surface area contributed by atoms with Crippen molar-refractivity contribution in [3.05, 3.63) is 71.7 Å². The highest BCUT2D eigenvalue weighted by molar-refractivity contribution is 5.98. The maximum atomic E-state index is 13.1. The minimum atomic E-state index is -0.889. The fourth-order valence-electron chi connectivity index (χ4n) is 3.09. The Balaban J connectivity index is 1.76. The van der Waals surface area contributed by atoms with Gasteiger partial charge in [-0.15, -0.1) is 0 Å². The van der Waals surface area contributed by atoms with Gasteiger partial charge < -0.3 is 20.4 Å². The topological polar surface area (TPSA) is 100 Å². The second-order valence-electron chi connectivity index (χ2n) is 6.71. The summed E-state index contributed by atoms with van der Waals surface area (Å²) in [6.07, 6.45) is 2.05. The number of amides is 2. The molecule has 7 nitrogen and oxygen atoms in total. The van der Waals surface area contributed by atoms with Gasteiger partial charge in [0.2, 0.25) is 5.91 Å². The molecule has 30 heavy (non-hydrogen) atoms. The lowest BCUT2D eigenvalue weighted by Crippen LogP contribution is -2.48. The number of halogens is 1. The fourth-order valence-corrected chi connectivity index (χ4v) is 3.09. The number of rotatable bonds is 8. The largest absolute Gasteiger partial charge is 0.469 e. The molecule has 0 radical (unpaired) electrons. The average molecular weight is 411 g/mol. The van der Waals surface area contributed by atoms with Crippen molar-refractivity contribution in [2.24, 2.45) is 0 Å². The molecular formula is C22H22FN3O4. The Morgan fingerprint density at radius 1 is 1.10 bits per heavy atom. The summed E-state index contributed by atoms with van der Waals surface area (Å²) in [5, 5.41) is 6.30. The number of esters is 1. The number of aromatic nitrogens is 1. The Kier molecular flexibility index (Phi) is 6.79. The van der Waals surface area contributed by atoms with Crippen LogP contribution in [0.25, 0.3) is 10.9 Å². The molecule has 1 heterocycles. The minimum Gasteiger partial charge on any atom is -0.469 e. The highest BCUT2D eigenvalue weighted by Gasteiger charge is 2.23. The first-order valence-electron chi connectivity index (χ1n) is 9.44. The molecule has 1 atom stereocenters. The Bertz CT molecular complexity index is 1050. The summed E-state index contributed by atoms with van der Waals surface area (Å²) < 4.78 is 17.7. The van der Waals surface area contributed by atoms with Gasteiger partial charge >= 0.3 is 5.97 Å². The molecule has 0 aliphatic heterocycles. The lowest BCUT2D eigenvalue weighted by Gasteiger charge is -2.18. The van der Waals surface area contributed by atoms with Gasteiger partial charge in [0.25, 0.3) is 5.91 Å². The van der Waals surface area contributed by atoms with E-state index in [4.69, 9.17) is 0 Å². The van der Waals surface area contributed by atoms with E-state index in [1.807, 2.05) is 24.3 Å². The molecule has 0 bridgehead atoms. The van der Waals surface area contributed by atoms with E-state index < -0.39 is 29.6 Å². The van der Waals surface area contributed by atoms with E-state index in [0.717, 1.165) is 16.5 Å². The molecule has 2 amide bonds. The number of carbonyl (C=O) groups excluding carboxylic acids is 3. The van der Waals surface area contributed by atoms with Crippen molar-refractivity contribution in [2.75, 3.05) is 13.7 Å². The Morgan fingerprint density at radius 2 is 1.83 bits per heavy atom. The maximum absolute atomic E-state index is 13.1. The van der Waals surface area contributed by atoms with Crippen LogP contribution in [0.5, 0.6) is 0 Å². The Labute approximate surface area is 172 Å². The summed E-state index contributed by atoms with van der Waals surface area (Å²) >= 11 is 0. The van der Waals surface area contributed by atoms with Crippen LogP contribution in [0.4, 0.5) is 4.39 Å². The van der Waals surface area contributed by atoms with Crippen LogP contribution < -0.4 is 10.6 Å². The molecular weight excluding hydrogens is 389 g/mol. The van der Waals surface area contributed by atoms with Gasteiger partial charge in [-0.05, 0) is 35.9 Å². The average Bonchev–Trinajstić information content (AvgIpc) is 3.16. The van der Waals surface area contributed by atoms with E-state index in [1.165, 1.54) is 31.4 Å². The first kappa shape index (κ1) is 21.0. The second kappa shape index (κ2) is 9.69. The van der Waals surface area contributed by atoms with Gasteiger partial charge in [0.15, 0.2) is 0 Å². The van der Waals surface area contributed by atoms with Crippen molar-refractivity contribution < 1.29 is 23.5 Å². The first-order valence-corrected chi connectivity index (χ1v) is 9.44. The Hall–Kier alpha value is -3.68. The number of hydrogen-bond donors (Lipinski definition) is 3. The molecule has 0 fully saturated rings. The van der Waals surface area contributed by atoms with Crippen LogP contribution in [0.2, 0.25) is 0 Å². The van der Waals surface area contributed by atoms with Crippen LogP contribution in [0.3, 0.4) is 0 Å². The molecule has 0 aliphatic rings. The van der Waals surface area contributed by atoms with Gasteiger partial charge in [-0.3, -0.25) is 14.4 Å². The number of para-hydroxylation sites is 1. The number of aromatic amines is 1. The Morgan fingerprint density at radius 3 is 2.57 bits per heavy atom. The molecule has 0 saturated carbocycles. The van der Waals surface area contributed by atoms with Crippen LogP contribution in [0, 0.1) is 5.82 Å². The molecule has 3 rings (SSSR count). The van der Waals surface area contributed by atoms with Crippen molar-refractivity contribution >= 4 is 28.7 Å². The number of benzene rings is 2. The zero-order valence-corrected chi connectivity index (χ0v) is 16.4. The van der Waals surface area contributed by atoms with Crippen molar-refractivity contribution in [3.63, 3.8) is 0 Å². The fraction of sp³-hybridized carbons (Fsp3) is 0.227. The predicted octanol–water partition coefficient (Wildman–Crippen LogP) is 2.33. The minimum absolute atomic E-state index is 0.0218. The highest BCUT2D eigenvalue weighted by Crippen LogP contribution is 2.19. The van der Waals surface area contributed by atoms with E-state index in [2.05, 4.69) is 20.4 Å². The molecule has 1 aromatic heterocycles. The third-order valence-electron chi connectivity index (χ3n) is 4.68. The van der Waals surface area contributed by atoms with Gasteiger partial charge in [0, 0.05) is 35.6 Å². The molecule has 0 aliphatic carbocycles. The number of fused-ring (bicyclic) bond motifs is 1. The number of methoxy groups -OCH3 is 1. The second-order valence-corrected chi connectivity index (χ2v) is 6.71. The van der Waals surface area contributed by atoms with E-state index in [1.54, 1.807) is 6.20 Å². The third-order valence-corrected chi connectivity index (χ3v) is 4.68. The van der Waals surface area contributed by atoms with Crippen molar-refractivity contribution in [2.45, 2.75) is 18.9 Å². The van der Waals surface area contributed by atoms with Crippen molar-refractivity contribution in [1.29, 1.82) is 0 Å². The quantitative estimate of drug-likeness (QED) is 0.495.